The number of ether oxygens (including phenoxy) is 2. The van der Waals surface area contributed by atoms with Crippen LogP contribution < -0.4 is 5.73 Å². The number of rotatable bonds is 7. The lowest BCUT2D eigenvalue weighted by Gasteiger charge is -2.09. The van der Waals surface area contributed by atoms with Gasteiger partial charge in [0, 0.05) is 6.61 Å². The van der Waals surface area contributed by atoms with E-state index in [9.17, 15) is 4.79 Å². The minimum Gasteiger partial charge on any atom is -0.460 e. The lowest BCUT2D eigenvalue weighted by atomic mass is 10.1. The Morgan fingerprint density at radius 1 is 1.32 bits per heavy atom. The number of nitrogens with two attached hydrogens (primary N) is 1. The van der Waals surface area contributed by atoms with Crippen LogP contribution >= 0.6 is 11.6 Å². The standard InChI is InChI=1S/C14H20ClNO3/c1-10(2)6-7-18-8-9-19-14(17)11-4-3-5-12(16)13(11)15/h3-5,10H,6-9,16H2,1-2H3. The van der Waals surface area contributed by atoms with E-state index in [1.54, 1.807) is 18.2 Å². The first-order valence-corrected chi connectivity index (χ1v) is 6.69. The summed E-state index contributed by atoms with van der Waals surface area (Å²) >= 11 is 5.93. The highest BCUT2D eigenvalue weighted by Crippen LogP contribution is 2.23. The van der Waals surface area contributed by atoms with E-state index >= 15 is 0 Å². The second-order valence-corrected chi connectivity index (χ2v) is 5.02. The molecule has 0 saturated heterocycles. The molecule has 1 rings (SSSR count). The minimum absolute atomic E-state index is 0.210. The normalized spacial score (nSPS) is 10.7. The Bertz CT molecular complexity index is 421. The van der Waals surface area contributed by atoms with Gasteiger partial charge in [0.1, 0.15) is 6.61 Å². The Labute approximate surface area is 118 Å². The third-order valence-corrected chi connectivity index (χ3v) is 2.97. The second kappa shape index (κ2) is 8.02. The van der Waals surface area contributed by atoms with Crippen molar-refractivity contribution in [1.29, 1.82) is 0 Å². The highest BCUT2D eigenvalue weighted by molar-refractivity contribution is 6.36. The fraction of sp³-hybridized carbons (Fsp3) is 0.500. The zero-order valence-electron chi connectivity index (χ0n) is 11.3. The van der Waals surface area contributed by atoms with Crippen LogP contribution in [0.3, 0.4) is 0 Å². The molecule has 0 aromatic heterocycles. The summed E-state index contributed by atoms with van der Waals surface area (Å²) in [5, 5.41) is 0.230. The van der Waals surface area contributed by atoms with Crippen molar-refractivity contribution in [2.75, 3.05) is 25.6 Å². The van der Waals surface area contributed by atoms with Crippen molar-refractivity contribution < 1.29 is 14.3 Å². The van der Waals surface area contributed by atoms with E-state index < -0.39 is 5.97 Å². The highest BCUT2D eigenvalue weighted by Gasteiger charge is 2.13. The quantitative estimate of drug-likeness (QED) is 0.475. The van der Waals surface area contributed by atoms with Crippen molar-refractivity contribution in [2.24, 2.45) is 5.92 Å². The molecule has 1 aromatic carbocycles. The number of carbonyl (C=O) groups is 1. The van der Waals surface area contributed by atoms with Crippen molar-refractivity contribution in [1.82, 2.24) is 0 Å². The summed E-state index contributed by atoms with van der Waals surface area (Å²) in [5.41, 5.74) is 6.26. The Kier molecular flexibility index (Phi) is 6.67. The first kappa shape index (κ1) is 15.8. The Balaban J connectivity index is 2.30. The smallest absolute Gasteiger partial charge is 0.339 e. The predicted molar refractivity (Wildman–Crippen MR) is 76.4 cm³/mol. The molecule has 0 fully saturated rings. The summed E-state index contributed by atoms with van der Waals surface area (Å²) in [6.45, 7) is 5.53. The molecular weight excluding hydrogens is 266 g/mol. The van der Waals surface area contributed by atoms with Gasteiger partial charge >= 0.3 is 5.97 Å². The number of hydrogen-bond acceptors (Lipinski definition) is 4. The first-order valence-electron chi connectivity index (χ1n) is 6.31. The van der Waals surface area contributed by atoms with Crippen molar-refractivity contribution in [3.8, 4) is 0 Å². The van der Waals surface area contributed by atoms with Crippen LogP contribution in [0.15, 0.2) is 18.2 Å². The summed E-state index contributed by atoms with van der Waals surface area (Å²) in [5.74, 6) is 0.124. The van der Waals surface area contributed by atoms with E-state index in [2.05, 4.69) is 13.8 Å². The van der Waals surface area contributed by atoms with Crippen molar-refractivity contribution in [3.63, 3.8) is 0 Å². The van der Waals surface area contributed by atoms with Gasteiger partial charge in [-0.25, -0.2) is 4.79 Å². The largest absolute Gasteiger partial charge is 0.460 e. The summed E-state index contributed by atoms with van der Waals surface area (Å²) in [4.78, 5) is 11.7. The maximum absolute atomic E-state index is 11.7. The van der Waals surface area contributed by atoms with Gasteiger partial charge in [-0.05, 0) is 24.5 Å². The lowest BCUT2D eigenvalue weighted by molar-refractivity contribution is 0.0303. The van der Waals surface area contributed by atoms with Crippen LogP contribution in [0, 0.1) is 5.92 Å². The molecule has 5 heteroatoms. The van der Waals surface area contributed by atoms with Crippen LogP contribution in [0.4, 0.5) is 5.69 Å². The molecule has 2 N–H and O–H groups in total. The summed E-state index contributed by atoms with van der Waals surface area (Å²) in [6.07, 6.45) is 0.995. The lowest BCUT2D eigenvalue weighted by Crippen LogP contribution is -2.12. The molecule has 4 nitrogen and oxygen atoms in total. The van der Waals surface area contributed by atoms with Gasteiger partial charge in [0.15, 0.2) is 0 Å². The number of benzene rings is 1. The van der Waals surface area contributed by atoms with E-state index in [1.807, 2.05) is 0 Å². The third-order valence-electron chi connectivity index (χ3n) is 2.55. The van der Waals surface area contributed by atoms with Crippen LogP contribution in [0.25, 0.3) is 0 Å². The summed E-state index contributed by atoms with van der Waals surface area (Å²) < 4.78 is 10.4. The Morgan fingerprint density at radius 2 is 2.05 bits per heavy atom. The molecule has 0 atom stereocenters. The van der Waals surface area contributed by atoms with Gasteiger partial charge in [-0.2, -0.15) is 0 Å². The van der Waals surface area contributed by atoms with E-state index in [1.165, 1.54) is 0 Å². The SMILES string of the molecule is CC(C)CCOCCOC(=O)c1cccc(N)c1Cl. The molecule has 0 aliphatic rings. The summed E-state index contributed by atoms with van der Waals surface area (Å²) in [6, 6.07) is 4.88. The number of nitrogen functional groups attached to an aromatic ring is 1. The fourth-order valence-electron chi connectivity index (χ4n) is 1.40. The van der Waals surface area contributed by atoms with Crippen molar-refractivity contribution in [3.05, 3.63) is 28.8 Å². The van der Waals surface area contributed by atoms with Crippen LogP contribution in [0.5, 0.6) is 0 Å². The van der Waals surface area contributed by atoms with E-state index in [0.717, 1.165) is 6.42 Å². The number of esters is 1. The maximum Gasteiger partial charge on any atom is 0.339 e. The van der Waals surface area contributed by atoms with E-state index in [0.29, 0.717) is 24.8 Å². The number of carbonyl (C=O) groups excluding carboxylic acids is 1. The predicted octanol–water partition coefficient (Wildman–Crippen LogP) is 3.14. The number of hydrogen-bond donors (Lipinski definition) is 1. The molecule has 0 unspecified atom stereocenters. The molecule has 0 aliphatic heterocycles. The molecule has 0 bridgehead atoms. The molecule has 19 heavy (non-hydrogen) atoms. The first-order chi connectivity index (χ1) is 9.02. The Hall–Kier alpha value is -1.26. The zero-order chi connectivity index (χ0) is 14.3. The molecule has 106 valence electrons. The molecule has 1 aromatic rings. The molecule has 0 aliphatic carbocycles. The van der Waals surface area contributed by atoms with Gasteiger partial charge in [-0.15, -0.1) is 0 Å². The van der Waals surface area contributed by atoms with Crippen LogP contribution in [-0.4, -0.2) is 25.8 Å². The number of halogens is 1. The molecule has 0 heterocycles. The van der Waals surface area contributed by atoms with Gasteiger partial charge in [0.2, 0.25) is 0 Å². The van der Waals surface area contributed by atoms with Crippen LogP contribution in [-0.2, 0) is 9.47 Å². The van der Waals surface area contributed by atoms with Crippen LogP contribution in [0.1, 0.15) is 30.6 Å². The molecule has 0 radical (unpaired) electrons. The van der Waals surface area contributed by atoms with Gasteiger partial charge < -0.3 is 15.2 Å². The van der Waals surface area contributed by atoms with Gasteiger partial charge in [-0.3, -0.25) is 0 Å². The van der Waals surface area contributed by atoms with E-state index in [-0.39, 0.29) is 17.2 Å². The Morgan fingerprint density at radius 3 is 2.74 bits per heavy atom. The molecule has 0 saturated carbocycles. The van der Waals surface area contributed by atoms with Crippen LogP contribution in [0.2, 0.25) is 5.02 Å². The third kappa shape index (κ3) is 5.49. The molecule has 0 spiro atoms. The number of anilines is 1. The van der Waals surface area contributed by atoms with E-state index in [4.69, 9.17) is 26.8 Å². The fourth-order valence-corrected chi connectivity index (χ4v) is 1.60. The molecular formula is C14H20ClNO3. The second-order valence-electron chi connectivity index (χ2n) is 4.64. The minimum atomic E-state index is -0.482. The summed E-state index contributed by atoms with van der Waals surface area (Å²) in [7, 11) is 0. The molecule has 0 amide bonds. The van der Waals surface area contributed by atoms with Crippen molar-refractivity contribution >= 4 is 23.3 Å². The topological polar surface area (TPSA) is 61.5 Å². The highest BCUT2D eigenvalue weighted by atomic mass is 35.5. The average Bonchev–Trinajstić information content (AvgIpc) is 2.36. The maximum atomic E-state index is 11.7. The zero-order valence-corrected chi connectivity index (χ0v) is 12.1. The average molecular weight is 286 g/mol. The van der Waals surface area contributed by atoms with Gasteiger partial charge in [0.25, 0.3) is 0 Å². The monoisotopic (exact) mass is 285 g/mol. The van der Waals surface area contributed by atoms with Gasteiger partial charge in [-0.1, -0.05) is 31.5 Å². The van der Waals surface area contributed by atoms with Crippen molar-refractivity contribution in [2.45, 2.75) is 20.3 Å². The van der Waals surface area contributed by atoms with Gasteiger partial charge in [0.05, 0.1) is 22.9 Å².